The molecule has 0 amide bonds. The van der Waals surface area contributed by atoms with Gasteiger partial charge >= 0.3 is 0 Å². The average molecular weight is 447 g/mol. The summed E-state index contributed by atoms with van der Waals surface area (Å²) in [6, 6.07) is 12.8. The van der Waals surface area contributed by atoms with E-state index < -0.39 is 0 Å². The highest BCUT2D eigenvalue weighted by Crippen LogP contribution is 2.21. The minimum Gasteiger partial charge on any atom is -0.398 e. The van der Waals surface area contributed by atoms with Gasteiger partial charge in [-0.15, -0.1) is 0 Å². The Morgan fingerprint density at radius 1 is 0.955 bits per heavy atom. The first-order valence-corrected chi connectivity index (χ1v) is 8.06. The lowest BCUT2D eigenvalue weighted by atomic mass is 10.3. The van der Waals surface area contributed by atoms with E-state index in [1.807, 2.05) is 30.5 Å². The van der Waals surface area contributed by atoms with Crippen molar-refractivity contribution in [3.63, 3.8) is 0 Å². The third-order valence-corrected chi connectivity index (χ3v) is 4.04. The summed E-state index contributed by atoms with van der Waals surface area (Å²) in [4.78, 5) is 0. The zero-order chi connectivity index (χ0) is 16.1. The number of aromatic nitrogens is 2. The van der Waals surface area contributed by atoms with Gasteiger partial charge in [0.2, 0.25) is 0 Å². The van der Waals surface area contributed by atoms with Crippen LogP contribution in [0.5, 0.6) is 0 Å². The summed E-state index contributed by atoms with van der Waals surface area (Å²) in [6.45, 7) is 0. The fourth-order valence-electron chi connectivity index (χ4n) is 1.58. The maximum atomic E-state index is 5.86. The van der Waals surface area contributed by atoms with Crippen molar-refractivity contribution in [3.05, 3.63) is 68.5 Å². The number of hydrogen-bond donors (Lipinski definition) is 2. The lowest BCUT2D eigenvalue weighted by Gasteiger charge is -2.03. The van der Waals surface area contributed by atoms with Crippen molar-refractivity contribution >= 4 is 57.2 Å². The molecule has 0 atom stereocenters. The van der Waals surface area contributed by atoms with Crippen molar-refractivity contribution in [2.75, 3.05) is 11.5 Å². The van der Waals surface area contributed by atoms with Crippen molar-refractivity contribution in [1.82, 2.24) is 9.78 Å². The summed E-state index contributed by atoms with van der Waals surface area (Å²) in [5.41, 5.74) is 13.2. The molecule has 0 aliphatic heterocycles. The van der Waals surface area contributed by atoms with E-state index in [4.69, 9.17) is 34.7 Å². The Bertz CT molecular complexity index is 760. The summed E-state index contributed by atoms with van der Waals surface area (Å²) in [6.07, 6.45) is 3.56. The van der Waals surface area contributed by atoms with Crippen molar-refractivity contribution in [1.29, 1.82) is 0 Å². The molecule has 0 radical (unpaired) electrons. The van der Waals surface area contributed by atoms with Gasteiger partial charge in [0.15, 0.2) is 0 Å². The van der Waals surface area contributed by atoms with Gasteiger partial charge in [-0.2, -0.15) is 5.10 Å². The molecule has 0 fully saturated rings. The Morgan fingerprint density at radius 2 is 1.59 bits per heavy atom. The van der Waals surface area contributed by atoms with Crippen LogP contribution in [0.3, 0.4) is 0 Å². The van der Waals surface area contributed by atoms with E-state index in [1.165, 1.54) is 0 Å². The number of benzene rings is 2. The van der Waals surface area contributed by atoms with E-state index in [0.717, 1.165) is 9.26 Å². The van der Waals surface area contributed by atoms with Gasteiger partial charge in [-0.3, -0.25) is 0 Å². The van der Waals surface area contributed by atoms with Crippen LogP contribution in [0.25, 0.3) is 5.69 Å². The van der Waals surface area contributed by atoms with Crippen LogP contribution >= 0.6 is 45.8 Å². The minimum absolute atomic E-state index is 0.549. The van der Waals surface area contributed by atoms with Crippen molar-refractivity contribution < 1.29 is 0 Å². The van der Waals surface area contributed by atoms with Crippen LogP contribution in [0.1, 0.15) is 0 Å². The maximum Gasteiger partial charge on any atom is 0.0661 e. The Hall–Kier alpha value is -1.44. The maximum absolute atomic E-state index is 5.86. The standard InChI is InChI=1S/C9H8ClN3.C6H5ClIN/c10-8-6-7(2-3-9(8)11)13-5-1-4-12-13;7-5-3-4(8)1-2-6(5)9/h1-6H,11H2;1-3H,9H2. The fourth-order valence-corrected chi connectivity index (χ4v) is 2.61. The molecule has 4 N–H and O–H groups in total. The molecule has 1 aromatic heterocycles. The molecule has 0 saturated heterocycles. The van der Waals surface area contributed by atoms with E-state index in [1.54, 1.807) is 29.1 Å². The summed E-state index contributed by atoms with van der Waals surface area (Å²) in [5.74, 6) is 0. The third kappa shape index (κ3) is 4.53. The molecule has 0 unspecified atom stereocenters. The Kier molecular flexibility index (Phi) is 5.93. The van der Waals surface area contributed by atoms with Crippen LogP contribution in [-0.2, 0) is 0 Å². The second kappa shape index (κ2) is 7.71. The number of anilines is 2. The zero-order valence-corrected chi connectivity index (χ0v) is 15.0. The van der Waals surface area contributed by atoms with Gasteiger partial charge in [0.1, 0.15) is 0 Å². The van der Waals surface area contributed by atoms with Gasteiger partial charge < -0.3 is 11.5 Å². The Morgan fingerprint density at radius 3 is 2.09 bits per heavy atom. The molecule has 0 aliphatic rings. The molecule has 0 spiro atoms. The summed E-state index contributed by atoms with van der Waals surface area (Å²) in [7, 11) is 0. The van der Waals surface area contributed by atoms with Gasteiger partial charge in [-0.1, -0.05) is 23.2 Å². The SMILES string of the molecule is Nc1ccc(-n2cccn2)cc1Cl.Nc1ccc(I)cc1Cl. The number of nitrogens with two attached hydrogens (primary N) is 2. The molecule has 4 nitrogen and oxygen atoms in total. The number of nitrogen functional groups attached to an aromatic ring is 2. The van der Waals surface area contributed by atoms with E-state index in [9.17, 15) is 0 Å². The number of nitrogens with zero attached hydrogens (tertiary/aromatic N) is 2. The first-order valence-electron chi connectivity index (χ1n) is 6.23. The second-order valence-corrected chi connectivity index (χ2v) is 6.38. The number of hydrogen-bond acceptors (Lipinski definition) is 3. The van der Waals surface area contributed by atoms with Crippen LogP contribution in [0.15, 0.2) is 54.9 Å². The van der Waals surface area contributed by atoms with E-state index in [2.05, 4.69) is 27.7 Å². The minimum atomic E-state index is 0.549. The van der Waals surface area contributed by atoms with Crippen LogP contribution in [0.4, 0.5) is 11.4 Å². The molecule has 0 bridgehead atoms. The van der Waals surface area contributed by atoms with Gasteiger partial charge in [-0.05, 0) is 65.1 Å². The van der Waals surface area contributed by atoms with Crippen LogP contribution in [0.2, 0.25) is 10.0 Å². The van der Waals surface area contributed by atoms with Gasteiger partial charge in [0.25, 0.3) is 0 Å². The average Bonchev–Trinajstić information content (AvgIpc) is 3.01. The largest absolute Gasteiger partial charge is 0.398 e. The zero-order valence-electron chi connectivity index (χ0n) is 11.4. The summed E-state index contributed by atoms with van der Waals surface area (Å²) >= 11 is 13.7. The third-order valence-electron chi connectivity index (χ3n) is 2.72. The monoisotopic (exact) mass is 446 g/mol. The summed E-state index contributed by atoms with van der Waals surface area (Å²) in [5, 5.41) is 5.25. The van der Waals surface area contributed by atoms with Crippen molar-refractivity contribution in [3.8, 4) is 5.69 Å². The molecule has 0 aliphatic carbocycles. The van der Waals surface area contributed by atoms with Gasteiger partial charge in [0.05, 0.1) is 27.1 Å². The molecule has 1 heterocycles. The van der Waals surface area contributed by atoms with Gasteiger partial charge in [-0.25, -0.2) is 4.68 Å². The van der Waals surface area contributed by atoms with Crippen LogP contribution in [0, 0.1) is 3.57 Å². The molecule has 3 aromatic rings. The molecule has 7 heteroatoms. The Labute approximate surface area is 152 Å². The highest BCUT2D eigenvalue weighted by atomic mass is 127. The van der Waals surface area contributed by atoms with Gasteiger partial charge in [0, 0.05) is 16.0 Å². The molecule has 22 heavy (non-hydrogen) atoms. The predicted octanol–water partition coefficient (Wildman–Crippen LogP) is 4.63. The lowest BCUT2D eigenvalue weighted by molar-refractivity contribution is 0.881. The Balaban J connectivity index is 0.000000172. The fraction of sp³-hybridized carbons (Fsp3) is 0. The van der Waals surface area contributed by atoms with E-state index in [0.29, 0.717) is 21.4 Å². The molecule has 3 rings (SSSR count). The smallest absolute Gasteiger partial charge is 0.0661 e. The first kappa shape index (κ1) is 16.9. The topological polar surface area (TPSA) is 69.9 Å². The molecule has 114 valence electrons. The molecule has 2 aromatic carbocycles. The molecular weight excluding hydrogens is 434 g/mol. The van der Waals surface area contributed by atoms with Crippen LogP contribution in [-0.4, -0.2) is 9.78 Å². The highest BCUT2D eigenvalue weighted by Gasteiger charge is 1.99. The van der Waals surface area contributed by atoms with Crippen LogP contribution < -0.4 is 11.5 Å². The second-order valence-electron chi connectivity index (χ2n) is 4.32. The first-order chi connectivity index (χ1) is 10.5. The number of halogens is 3. The van der Waals surface area contributed by atoms with E-state index in [-0.39, 0.29) is 0 Å². The predicted molar refractivity (Wildman–Crippen MR) is 102 cm³/mol. The van der Waals surface area contributed by atoms with Crippen molar-refractivity contribution in [2.45, 2.75) is 0 Å². The van der Waals surface area contributed by atoms with E-state index >= 15 is 0 Å². The lowest BCUT2D eigenvalue weighted by Crippen LogP contribution is -1.95. The quantitative estimate of drug-likeness (QED) is 0.422. The van der Waals surface area contributed by atoms with Crippen molar-refractivity contribution in [2.24, 2.45) is 0 Å². The highest BCUT2D eigenvalue weighted by molar-refractivity contribution is 14.1. The molecular formula is C15H13Cl2IN4. The summed E-state index contributed by atoms with van der Waals surface area (Å²) < 4.78 is 2.83. The molecule has 0 saturated carbocycles. The normalized spacial score (nSPS) is 9.95. The number of rotatable bonds is 1.